The lowest BCUT2D eigenvalue weighted by Gasteiger charge is -2.56. The Labute approximate surface area is 116 Å². The topological polar surface area (TPSA) is 40.5 Å². The van der Waals surface area contributed by atoms with Gasteiger partial charge in [-0.1, -0.05) is 0 Å². The number of aliphatic hydroxyl groups excluding tert-OH is 1. The third kappa shape index (κ3) is 2.42. The van der Waals surface area contributed by atoms with Crippen LogP contribution in [0.1, 0.15) is 51.9 Å². The van der Waals surface area contributed by atoms with E-state index in [2.05, 4.69) is 0 Å². The highest BCUT2D eigenvalue weighted by molar-refractivity contribution is 5.83. The summed E-state index contributed by atoms with van der Waals surface area (Å²) in [6, 6.07) is 0. The minimum atomic E-state index is -0.313. The molecule has 0 radical (unpaired) electrons. The van der Waals surface area contributed by atoms with Crippen LogP contribution in [0.5, 0.6) is 0 Å². The highest BCUT2D eigenvalue weighted by atomic mass is 16.3. The number of carbonyl (C=O) groups excluding carboxylic acids is 1. The van der Waals surface area contributed by atoms with Gasteiger partial charge < -0.3 is 10.0 Å². The first-order valence-electron chi connectivity index (χ1n) is 7.92. The molecule has 1 unspecified atom stereocenters. The van der Waals surface area contributed by atoms with E-state index in [0.29, 0.717) is 18.9 Å². The summed E-state index contributed by atoms with van der Waals surface area (Å²) in [6.45, 7) is 2.49. The number of nitrogens with zero attached hydrogens (tertiary/aromatic N) is 1. The summed E-state index contributed by atoms with van der Waals surface area (Å²) in [5.41, 5.74) is -0.0256. The molecule has 1 amide bonds. The third-order valence-electron chi connectivity index (χ3n) is 5.72. The van der Waals surface area contributed by atoms with E-state index in [1.807, 2.05) is 11.9 Å². The average Bonchev–Trinajstić information content (AvgIpc) is 2.33. The minimum Gasteiger partial charge on any atom is -0.393 e. The first kappa shape index (κ1) is 13.4. The molecule has 0 saturated heterocycles. The van der Waals surface area contributed by atoms with E-state index in [1.165, 1.54) is 19.3 Å². The van der Waals surface area contributed by atoms with E-state index in [1.54, 1.807) is 6.92 Å². The quantitative estimate of drug-likeness (QED) is 0.848. The molecule has 4 aliphatic rings. The Morgan fingerprint density at radius 1 is 1.21 bits per heavy atom. The van der Waals surface area contributed by atoms with Crippen molar-refractivity contribution in [1.29, 1.82) is 0 Å². The molecule has 3 nitrogen and oxygen atoms in total. The normalized spacial score (nSPS) is 41.3. The molecule has 1 N–H and O–H groups in total. The van der Waals surface area contributed by atoms with E-state index in [-0.39, 0.29) is 11.5 Å². The summed E-state index contributed by atoms with van der Waals surface area (Å²) in [5, 5.41) is 9.38. The number of aliphatic hydroxyl groups is 1. The van der Waals surface area contributed by atoms with Gasteiger partial charge in [0.25, 0.3) is 0 Å². The van der Waals surface area contributed by atoms with Crippen LogP contribution < -0.4 is 0 Å². The van der Waals surface area contributed by atoms with Crippen molar-refractivity contribution in [3.63, 3.8) is 0 Å². The first-order valence-corrected chi connectivity index (χ1v) is 7.92. The van der Waals surface area contributed by atoms with Crippen LogP contribution in [0.3, 0.4) is 0 Å². The summed E-state index contributed by atoms with van der Waals surface area (Å²) in [6.07, 6.45) is 7.92. The van der Waals surface area contributed by atoms with E-state index in [4.69, 9.17) is 0 Å². The maximum absolute atomic E-state index is 12.9. The molecule has 4 saturated carbocycles. The van der Waals surface area contributed by atoms with Gasteiger partial charge in [-0.25, -0.2) is 0 Å². The Hall–Kier alpha value is -0.570. The lowest BCUT2D eigenvalue weighted by atomic mass is 9.49. The van der Waals surface area contributed by atoms with Crippen molar-refractivity contribution in [2.75, 3.05) is 13.6 Å². The molecule has 1 atom stereocenters. The van der Waals surface area contributed by atoms with Gasteiger partial charge in [-0.2, -0.15) is 0 Å². The fourth-order valence-electron chi connectivity index (χ4n) is 5.26. The van der Waals surface area contributed by atoms with Crippen LogP contribution in [-0.2, 0) is 4.79 Å². The monoisotopic (exact) mass is 265 g/mol. The average molecular weight is 265 g/mol. The standard InChI is InChI=1S/C16H27NO2/c1-11(18)3-4-17(2)15(19)16-8-12-5-13(9-16)7-14(6-12)10-16/h11-14,18H,3-10H2,1-2H3. The fourth-order valence-corrected chi connectivity index (χ4v) is 5.26. The van der Waals surface area contributed by atoms with Gasteiger partial charge in [0, 0.05) is 13.6 Å². The molecule has 108 valence electrons. The van der Waals surface area contributed by atoms with Crippen molar-refractivity contribution in [2.24, 2.45) is 23.2 Å². The Kier molecular flexibility index (Phi) is 3.36. The summed E-state index contributed by atoms with van der Waals surface area (Å²) in [7, 11) is 1.92. The molecule has 4 aliphatic carbocycles. The number of rotatable bonds is 4. The molecule has 0 aromatic rings. The molecule has 0 heterocycles. The SMILES string of the molecule is CC(O)CCN(C)C(=O)C12CC3CC(CC(C3)C1)C2. The zero-order valence-corrected chi connectivity index (χ0v) is 12.3. The number of amides is 1. The van der Waals surface area contributed by atoms with Crippen LogP contribution in [0, 0.1) is 23.2 Å². The Balaban J connectivity index is 1.69. The smallest absolute Gasteiger partial charge is 0.228 e. The number of carbonyl (C=O) groups is 1. The summed E-state index contributed by atoms with van der Waals surface area (Å²) >= 11 is 0. The molecule has 4 rings (SSSR count). The van der Waals surface area contributed by atoms with Gasteiger partial charge in [-0.15, -0.1) is 0 Å². The molecule has 0 aliphatic heterocycles. The van der Waals surface area contributed by atoms with E-state index >= 15 is 0 Å². The number of hydrogen-bond donors (Lipinski definition) is 1. The second kappa shape index (κ2) is 4.76. The minimum absolute atomic E-state index is 0.0256. The Bertz CT molecular complexity index is 328. The predicted molar refractivity (Wildman–Crippen MR) is 74.5 cm³/mol. The molecule has 0 aromatic carbocycles. The van der Waals surface area contributed by atoms with Gasteiger partial charge in [-0.3, -0.25) is 4.79 Å². The van der Waals surface area contributed by atoms with Gasteiger partial charge in [0.05, 0.1) is 11.5 Å². The van der Waals surface area contributed by atoms with Crippen molar-refractivity contribution in [3.05, 3.63) is 0 Å². The molecular weight excluding hydrogens is 238 g/mol. The van der Waals surface area contributed by atoms with E-state index in [0.717, 1.165) is 37.0 Å². The Morgan fingerprint density at radius 3 is 2.11 bits per heavy atom. The largest absolute Gasteiger partial charge is 0.393 e. The molecule has 3 heteroatoms. The lowest BCUT2D eigenvalue weighted by molar-refractivity contribution is -0.156. The van der Waals surface area contributed by atoms with Crippen molar-refractivity contribution < 1.29 is 9.90 Å². The third-order valence-corrected chi connectivity index (χ3v) is 5.72. The molecular formula is C16H27NO2. The van der Waals surface area contributed by atoms with Crippen LogP contribution in [0.15, 0.2) is 0 Å². The second-order valence-electron chi connectivity index (χ2n) is 7.56. The van der Waals surface area contributed by atoms with Gasteiger partial charge >= 0.3 is 0 Å². The summed E-state index contributed by atoms with van der Waals surface area (Å²) in [4.78, 5) is 14.7. The van der Waals surface area contributed by atoms with Crippen molar-refractivity contribution >= 4 is 5.91 Å². The van der Waals surface area contributed by atoms with Crippen molar-refractivity contribution in [2.45, 2.75) is 58.0 Å². The highest BCUT2D eigenvalue weighted by Gasteiger charge is 2.55. The lowest BCUT2D eigenvalue weighted by Crippen LogP contribution is -2.54. The second-order valence-corrected chi connectivity index (χ2v) is 7.56. The van der Waals surface area contributed by atoms with Gasteiger partial charge in [0.2, 0.25) is 5.91 Å². The zero-order chi connectivity index (χ0) is 13.6. The van der Waals surface area contributed by atoms with Gasteiger partial charge in [0.1, 0.15) is 0 Å². The maximum atomic E-state index is 12.9. The van der Waals surface area contributed by atoms with E-state index < -0.39 is 0 Å². The van der Waals surface area contributed by atoms with Crippen molar-refractivity contribution in [1.82, 2.24) is 4.90 Å². The van der Waals surface area contributed by atoms with Crippen LogP contribution >= 0.6 is 0 Å². The van der Waals surface area contributed by atoms with Crippen LogP contribution in [0.2, 0.25) is 0 Å². The van der Waals surface area contributed by atoms with Crippen LogP contribution in [0.4, 0.5) is 0 Å². The van der Waals surface area contributed by atoms with Crippen molar-refractivity contribution in [3.8, 4) is 0 Å². The van der Waals surface area contributed by atoms with E-state index in [9.17, 15) is 9.90 Å². The summed E-state index contributed by atoms with van der Waals surface area (Å²) in [5.74, 6) is 2.83. The molecule has 0 spiro atoms. The highest BCUT2D eigenvalue weighted by Crippen LogP contribution is 2.60. The van der Waals surface area contributed by atoms with Crippen LogP contribution in [0.25, 0.3) is 0 Å². The molecule has 19 heavy (non-hydrogen) atoms. The molecule has 4 fully saturated rings. The van der Waals surface area contributed by atoms with Gasteiger partial charge in [0.15, 0.2) is 0 Å². The van der Waals surface area contributed by atoms with Gasteiger partial charge in [-0.05, 0) is 69.6 Å². The fraction of sp³-hybridized carbons (Fsp3) is 0.938. The van der Waals surface area contributed by atoms with Crippen LogP contribution in [-0.4, -0.2) is 35.6 Å². The zero-order valence-electron chi connectivity index (χ0n) is 12.3. The summed E-state index contributed by atoms with van der Waals surface area (Å²) < 4.78 is 0. The Morgan fingerprint density at radius 2 is 1.68 bits per heavy atom. The maximum Gasteiger partial charge on any atom is 0.228 e. The first-order chi connectivity index (χ1) is 8.98. The number of hydrogen-bond acceptors (Lipinski definition) is 2. The molecule has 4 bridgehead atoms. The predicted octanol–water partition coefficient (Wildman–Crippen LogP) is 2.43. The molecule has 0 aromatic heterocycles.